The molecule has 3 nitrogen and oxygen atoms in total. The summed E-state index contributed by atoms with van der Waals surface area (Å²) in [5.41, 5.74) is 3.13. The van der Waals surface area contributed by atoms with Crippen molar-refractivity contribution in [1.82, 2.24) is 5.32 Å². The highest BCUT2D eigenvalue weighted by atomic mass is 35.5. The summed E-state index contributed by atoms with van der Waals surface area (Å²) >= 11 is 5.81. The fourth-order valence-corrected chi connectivity index (χ4v) is 2.17. The van der Waals surface area contributed by atoms with E-state index >= 15 is 0 Å². The van der Waals surface area contributed by atoms with Crippen LogP contribution in [-0.2, 0) is 4.79 Å². The second-order valence-electron chi connectivity index (χ2n) is 5.07. The van der Waals surface area contributed by atoms with Crippen LogP contribution in [0.25, 0.3) is 0 Å². The number of hydrogen-bond acceptors (Lipinski definition) is 2. The maximum Gasteiger partial charge on any atom is 0.238 e. The number of carbonyl (C=O) groups excluding carboxylic acids is 1. The molecule has 0 radical (unpaired) electrons. The molecule has 0 aliphatic heterocycles. The summed E-state index contributed by atoms with van der Waals surface area (Å²) in [6.07, 6.45) is 0. The van der Waals surface area contributed by atoms with Crippen LogP contribution >= 0.6 is 11.6 Å². The van der Waals surface area contributed by atoms with Gasteiger partial charge in [0.05, 0.1) is 6.54 Å². The third-order valence-corrected chi connectivity index (χ3v) is 3.49. The fourth-order valence-electron chi connectivity index (χ4n) is 2.04. The zero-order chi connectivity index (χ0) is 15.2. The van der Waals surface area contributed by atoms with Crippen LogP contribution in [0.15, 0.2) is 48.5 Å². The van der Waals surface area contributed by atoms with E-state index in [1.165, 1.54) is 11.1 Å². The van der Waals surface area contributed by atoms with E-state index in [0.29, 0.717) is 5.02 Å². The highest BCUT2D eigenvalue weighted by Gasteiger charge is 2.08. The van der Waals surface area contributed by atoms with Crippen molar-refractivity contribution in [3.8, 4) is 0 Å². The molecule has 2 rings (SSSR count). The Morgan fingerprint density at radius 2 is 1.90 bits per heavy atom. The van der Waals surface area contributed by atoms with Crippen molar-refractivity contribution in [3.05, 3.63) is 64.7 Å². The monoisotopic (exact) mass is 302 g/mol. The van der Waals surface area contributed by atoms with Gasteiger partial charge in [0.25, 0.3) is 0 Å². The number of halogens is 1. The summed E-state index contributed by atoms with van der Waals surface area (Å²) < 4.78 is 0. The number of carbonyl (C=O) groups is 1. The van der Waals surface area contributed by atoms with Crippen LogP contribution in [0, 0.1) is 6.92 Å². The molecule has 4 heteroatoms. The quantitative estimate of drug-likeness (QED) is 0.878. The lowest BCUT2D eigenvalue weighted by molar-refractivity contribution is -0.115. The van der Waals surface area contributed by atoms with E-state index in [1.54, 1.807) is 24.3 Å². The highest BCUT2D eigenvalue weighted by Crippen LogP contribution is 2.14. The first-order valence-corrected chi connectivity index (χ1v) is 7.28. The van der Waals surface area contributed by atoms with E-state index < -0.39 is 0 Å². The van der Waals surface area contributed by atoms with Crippen molar-refractivity contribution >= 4 is 23.2 Å². The van der Waals surface area contributed by atoms with Crippen LogP contribution in [0.5, 0.6) is 0 Å². The minimum absolute atomic E-state index is 0.0724. The Morgan fingerprint density at radius 3 is 2.57 bits per heavy atom. The molecular weight excluding hydrogens is 284 g/mol. The number of nitrogens with one attached hydrogen (secondary N) is 2. The smallest absolute Gasteiger partial charge is 0.238 e. The summed E-state index contributed by atoms with van der Waals surface area (Å²) in [5, 5.41) is 6.70. The van der Waals surface area contributed by atoms with E-state index in [9.17, 15) is 4.79 Å². The van der Waals surface area contributed by atoms with Gasteiger partial charge >= 0.3 is 0 Å². The largest absolute Gasteiger partial charge is 0.325 e. The van der Waals surface area contributed by atoms with Gasteiger partial charge in [-0.3, -0.25) is 4.79 Å². The molecule has 0 saturated carbocycles. The first-order chi connectivity index (χ1) is 10.0. The lowest BCUT2D eigenvalue weighted by Gasteiger charge is -2.14. The Labute approximate surface area is 130 Å². The molecule has 2 N–H and O–H groups in total. The van der Waals surface area contributed by atoms with Gasteiger partial charge in [0.15, 0.2) is 0 Å². The molecule has 0 aliphatic carbocycles. The maximum absolute atomic E-state index is 11.9. The molecule has 0 bridgehead atoms. The lowest BCUT2D eigenvalue weighted by atomic mass is 10.1. The Hall–Kier alpha value is -1.84. The van der Waals surface area contributed by atoms with E-state index in [4.69, 9.17) is 11.6 Å². The molecule has 110 valence electrons. The summed E-state index contributed by atoms with van der Waals surface area (Å²) in [4.78, 5) is 11.9. The fraction of sp³-hybridized carbons (Fsp3) is 0.235. The maximum atomic E-state index is 11.9. The van der Waals surface area contributed by atoms with E-state index in [2.05, 4.69) is 35.8 Å². The van der Waals surface area contributed by atoms with Crippen LogP contribution in [0.2, 0.25) is 5.02 Å². The minimum Gasteiger partial charge on any atom is -0.325 e. The molecule has 1 atom stereocenters. The van der Waals surface area contributed by atoms with Crippen LogP contribution < -0.4 is 10.6 Å². The molecule has 0 aliphatic rings. The Balaban J connectivity index is 1.84. The predicted molar refractivity (Wildman–Crippen MR) is 87.7 cm³/mol. The number of rotatable bonds is 5. The molecule has 2 aromatic carbocycles. The van der Waals surface area contributed by atoms with Gasteiger partial charge in [0.2, 0.25) is 5.91 Å². The predicted octanol–water partition coefficient (Wildman–Crippen LogP) is 3.94. The van der Waals surface area contributed by atoms with Crippen molar-refractivity contribution < 1.29 is 4.79 Å². The first-order valence-electron chi connectivity index (χ1n) is 6.90. The SMILES string of the molecule is Cc1cccc([C@@H](C)NCC(=O)Nc2ccc(Cl)cc2)c1. The molecule has 21 heavy (non-hydrogen) atoms. The van der Waals surface area contributed by atoms with Crippen LogP contribution in [0.3, 0.4) is 0 Å². The standard InChI is InChI=1S/C17H19ClN2O/c1-12-4-3-5-14(10-12)13(2)19-11-17(21)20-16-8-6-15(18)7-9-16/h3-10,13,19H,11H2,1-2H3,(H,20,21)/t13-/m1/s1. The number of amides is 1. The molecule has 0 unspecified atom stereocenters. The van der Waals surface area contributed by atoms with Gasteiger partial charge in [-0.25, -0.2) is 0 Å². The van der Waals surface area contributed by atoms with E-state index in [0.717, 1.165) is 5.69 Å². The molecule has 0 spiro atoms. The molecular formula is C17H19ClN2O. The Kier molecular flexibility index (Phi) is 5.37. The zero-order valence-electron chi connectivity index (χ0n) is 12.2. The second-order valence-corrected chi connectivity index (χ2v) is 5.51. The van der Waals surface area contributed by atoms with E-state index in [1.807, 2.05) is 13.0 Å². The summed E-state index contributed by atoms with van der Waals surface area (Å²) in [6.45, 7) is 4.37. The number of hydrogen-bond donors (Lipinski definition) is 2. The number of benzene rings is 2. The van der Waals surface area contributed by atoms with Gasteiger partial charge in [-0.15, -0.1) is 0 Å². The van der Waals surface area contributed by atoms with Crippen LogP contribution in [-0.4, -0.2) is 12.5 Å². The van der Waals surface area contributed by atoms with Crippen molar-refractivity contribution in [3.63, 3.8) is 0 Å². The molecule has 0 heterocycles. The summed E-state index contributed by atoms with van der Waals surface area (Å²) in [6, 6.07) is 15.5. The van der Waals surface area contributed by atoms with Crippen molar-refractivity contribution in [2.24, 2.45) is 0 Å². The van der Waals surface area contributed by atoms with Gasteiger partial charge in [0.1, 0.15) is 0 Å². The Morgan fingerprint density at radius 1 is 1.19 bits per heavy atom. The molecule has 1 amide bonds. The Bertz CT molecular complexity index is 610. The molecule has 0 aromatic heterocycles. The van der Waals surface area contributed by atoms with E-state index in [-0.39, 0.29) is 18.5 Å². The van der Waals surface area contributed by atoms with Gasteiger partial charge in [-0.05, 0) is 43.7 Å². The molecule has 0 saturated heterocycles. The number of anilines is 1. The van der Waals surface area contributed by atoms with Crippen LogP contribution in [0.4, 0.5) is 5.69 Å². The minimum atomic E-state index is -0.0724. The summed E-state index contributed by atoms with van der Waals surface area (Å²) in [7, 11) is 0. The van der Waals surface area contributed by atoms with Crippen molar-refractivity contribution in [1.29, 1.82) is 0 Å². The average Bonchev–Trinajstić information content (AvgIpc) is 2.47. The zero-order valence-corrected chi connectivity index (χ0v) is 12.9. The normalized spacial score (nSPS) is 12.0. The van der Waals surface area contributed by atoms with Crippen molar-refractivity contribution in [2.45, 2.75) is 19.9 Å². The molecule has 2 aromatic rings. The highest BCUT2D eigenvalue weighted by molar-refractivity contribution is 6.30. The van der Waals surface area contributed by atoms with Gasteiger partial charge in [0, 0.05) is 16.8 Å². The van der Waals surface area contributed by atoms with Crippen molar-refractivity contribution in [2.75, 3.05) is 11.9 Å². The third-order valence-electron chi connectivity index (χ3n) is 3.24. The molecule has 0 fully saturated rings. The number of aryl methyl sites for hydroxylation is 1. The van der Waals surface area contributed by atoms with Gasteiger partial charge < -0.3 is 10.6 Å². The third kappa shape index (κ3) is 4.88. The topological polar surface area (TPSA) is 41.1 Å². The van der Waals surface area contributed by atoms with Gasteiger partial charge in [-0.1, -0.05) is 41.4 Å². The summed E-state index contributed by atoms with van der Waals surface area (Å²) in [5.74, 6) is -0.0724. The van der Waals surface area contributed by atoms with Gasteiger partial charge in [-0.2, -0.15) is 0 Å². The van der Waals surface area contributed by atoms with Crippen LogP contribution in [0.1, 0.15) is 24.1 Å². The lowest BCUT2D eigenvalue weighted by Crippen LogP contribution is -2.30. The first kappa shape index (κ1) is 15.5. The average molecular weight is 303 g/mol. The second kappa shape index (κ2) is 7.25.